The number of nitrogens with two attached hydrogens (primary N) is 1. The average Bonchev–Trinajstić information content (AvgIpc) is 3.19. The number of hydrogen-bond donors (Lipinski definition) is 2. The molecule has 0 aliphatic rings. The number of aryl methyl sites for hydroxylation is 1. The Morgan fingerprint density at radius 2 is 1.55 bits per heavy atom. The largest absolute Gasteiger partial charge is 0.452 e. The number of hydrogen-bond acceptors (Lipinski definition) is 4. The number of anilines is 2. The number of nitrogen functional groups attached to an aromatic ring is 1. The van der Waals surface area contributed by atoms with Gasteiger partial charge in [-0.25, -0.2) is 4.39 Å². The first-order valence-corrected chi connectivity index (χ1v) is 10.6. The molecule has 5 rings (SSSR count). The smallest absolute Gasteiger partial charge is 0.167 e. The number of rotatable bonds is 6. The van der Waals surface area contributed by atoms with Crippen LogP contribution in [0.4, 0.5) is 15.8 Å². The van der Waals surface area contributed by atoms with Crippen molar-refractivity contribution in [1.29, 1.82) is 0 Å². The van der Waals surface area contributed by atoms with Gasteiger partial charge in [-0.05, 0) is 35.4 Å². The van der Waals surface area contributed by atoms with Crippen molar-refractivity contribution in [3.8, 4) is 11.5 Å². The van der Waals surface area contributed by atoms with Crippen LogP contribution in [-0.2, 0) is 7.05 Å². The Hall–Kier alpha value is -4.32. The molecule has 1 heterocycles. The molecular formula is C27H23FN4O. The minimum absolute atomic E-state index is 0.103. The van der Waals surface area contributed by atoms with Gasteiger partial charge in [0.2, 0.25) is 0 Å². The number of nitrogens with one attached hydrogen (secondary N) is 1. The van der Waals surface area contributed by atoms with Crippen molar-refractivity contribution >= 4 is 22.3 Å². The lowest BCUT2D eigenvalue weighted by Gasteiger charge is -2.23. The zero-order valence-corrected chi connectivity index (χ0v) is 18.1. The van der Waals surface area contributed by atoms with E-state index in [1.807, 2.05) is 55.6 Å². The molecule has 0 bridgehead atoms. The van der Waals surface area contributed by atoms with Crippen LogP contribution < -0.4 is 15.8 Å². The fourth-order valence-electron chi connectivity index (χ4n) is 3.90. The summed E-state index contributed by atoms with van der Waals surface area (Å²) in [5.41, 5.74) is 9.89. The molecule has 5 nitrogen and oxygen atoms in total. The maximum Gasteiger partial charge on any atom is 0.167 e. The third-order valence-corrected chi connectivity index (χ3v) is 5.59. The number of benzene rings is 4. The zero-order chi connectivity index (χ0) is 22.8. The molecule has 0 radical (unpaired) electrons. The molecule has 0 aliphatic carbocycles. The predicted octanol–water partition coefficient (Wildman–Crippen LogP) is 6.29. The van der Waals surface area contributed by atoms with Crippen LogP contribution in [0.2, 0.25) is 0 Å². The number of aromatic nitrogens is 2. The summed E-state index contributed by atoms with van der Waals surface area (Å²) in [6.07, 6.45) is 1.76. The molecule has 0 saturated heterocycles. The van der Waals surface area contributed by atoms with Gasteiger partial charge >= 0.3 is 0 Å². The van der Waals surface area contributed by atoms with Gasteiger partial charge in [-0.2, -0.15) is 5.10 Å². The van der Waals surface area contributed by atoms with Gasteiger partial charge in [-0.1, -0.05) is 60.7 Å². The fraction of sp³-hybridized carbons (Fsp3) is 0.0741. The number of ether oxygens (including phenoxy) is 1. The maximum atomic E-state index is 14.5. The highest BCUT2D eigenvalue weighted by atomic mass is 19.1. The molecule has 0 atom stereocenters. The highest BCUT2D eigenvalue weighted by Gasteiger charge is 2.19. The molecule has 4 aromatic carbocycles. The van der Waals surface area contributed by atoms with Gasteiger partial charge < -0.3 is 15.8 Å². The van der Waals surface area contributed by atoms with E-state index in [0.29, 0.717) is 11.4 Å². The van der Waals surface area contributed by atoms with Crippen molar-refractivity contribution in [2.45, 2.75) is 6.04 Å². The quantitative estimate of drug-likeness (QED) is 0.306. The second kappa shape index (κ2) is 8.67. The van der Waals surface area contributed by atoms with Crippen LogP contribution in [0, 0.1) is 5.82 Å². The minimum Gasteiger partial charge on any atom is -0.452 e. The van der Waals surface area contributed by atoms with Gasteiger partial charge in [-0.15, -0.1) is 0 Å². The summed E-state index contributed by atoms with van der Waals surface area (Å²) in [6.45, 7) is 0. The van der Waals surface area contributed by atoms with Crippen LogP contribution in [-0.4, -0.2) is 9.78 Å². The Balaban J connectivity index is 1.62. The van der Waals surface area contributed by atoms with Gasteiger partial charge in [0.15, 0.2) is 17.3 Å². The highest BCUT2D eigenvalue weighted by Crippen LogP contribution is 2.38. The SMILES string of the molecule is Cn1ncc2cc(Oc3ccc(N)cc3F)c(NC(c3ccccc3)c3ccccc3)cc21. The number of fused-ring (bicyclic) bond motifs is 1. The molecule has 0 spiro atoms. The lowest BCUT2D eigenvalue weighted by Crippen LogP contribution is -2.13. The van der Waals surface area contributed by atoms with Crippen molar-refractivity contribution in [2.24, 2.45) is 7.05 Å². The average molecular weight is 439 g/mol. The molecular weight excluding hydrogens is 415 g/mol. The van der Waals surface area contributed by atoms with E-state index < -0.39 is 5.82 Å². The van der Waals surface area contributed by atoms with Gasteiger partial charge in [-0.3, -0.25) is 4.68 Å². The van der Waals surface area contributed by atoms with Crippen molar-refractivity contribution in [3.05, 3.63) is 114 Å². The predicted molar refractivity (Wildman–Crippen MR) is 130 cm³/mol. The minimum atomic E-state index is -0.519. The van der Waals surface area contributed by atoms with Gasteiger partial charge in [0.05, 0.1) is 23.4 Å². The molecule has 6 heteroatoms. The zero-order valence-electron chi connectivity index (χ0n) is 18.1. The molecule has 1 aromatic heterocycles. The van der Waals surface area contributed by atoms with E-state index in [9.17, 15) is 4.39 Å². The Morgan fingerprint density at radius 3 is 2.18 bits per heavy atom. The normalized spacial score (nSPS) is 11.1. The first kappa shape index (κ1) is 20.6. The van der Waals surface area contributed by atoms with Crippen LogP contribution in [0.25, 0.3) is 10.9 Å². The first-order valence-electron chi connectivity index (χ1n) is 10.6. The molecule has 0 fully saturated rings. The molecule has 0 amide bonds. The van der Waals surface area contributed by atoms with E-state index in [0.717, 1.165) is 27.7 Å². The van der Waals surface area contributed by atoms with Crippen molar-refractivity contribution < 1.29 is 9.13 Å². The van der Waals surface area contributed by atoms with Crippen LogP contribution in [0.3, 0.4) is 0 Å². The molecule has 0 unspecified atom stereocenters. The Labute approximate surface area is 191 Å². The lowest BCUT2D eigenvalue weighted by atomic mass is 9.98. The molecule has 5 aromatic rings. The van der Waals surface area contributed by atoms with Crippen molar-refractivity contribution in [1.82, 2.24) is 9.78 Å². The van der Waals surface area contributed by atoms with E-state index in [1.165, 1.54) is 12.1 Å². The molecule has 0 saturated carbocycles. The monoisotopic (exact) mass is 438 g/mol. The van der Waals surface area contributed by atoms with Crippen molar-refractivity contribution in [2.75, 3.05) is 11.1 Å². The molecule has 0 aliphatic heterocycles. The summed E-state index contributed by atoms with van der Waals surface area (Å²) < 4.78 is 22.4. The van der Waals surface area contributed by atoms with Gasteiger partial charge in [0.25, 0.3) is 0 Å². The standard InChI is InChI=1S/C27H23FN4O/c1-32-24-16-23(31-27(18-8-4-2-5-9-18)19-10-6-3-7-11-19)26(14-20(24)17-30-32)33-25-13-12-21(29)15-22(25)28/h2-17,27,31H,29H2,1H3. The number of nitrogens with zero attached hydrogens (tertiary/aromatic N) is 2. The summed E-state index contributed by atoms with van der Waals surface area (Å²) in [6, 6.07) is 28.4. The number of halogens is 1. The molecule has 164 valence electrons. The van der Waals surface area contributed by atoms with E-state index in [-0.39, 0.29) is 11.8 Å². The molecule has 33 heavy (non-hydrogen) atoms. The second-order valence-corrected chi connectivity index (χ2v) is 7.87. The van der Waals surface area contributed by atoms with Crippen LogP contribution in [0.1, 0.15) is 17.2 Å². The van der Waals surface area contributed by atoms with Crippen LogP contribution >= 0.6 is 0 Å². The maximum absolute atomic E-state index is 14.5. The topological polar surface area (TPSA) is 65.1 Å². The Morgan fingerprint density at radius 1 is 0.879 bits per heavy atom. The van der Waals surface area contributed by atoms with E-state index in [1.54, 1.807) is 16.9 Å². The second-order valence-electron chi connectivity index (χ2n) is 7.87. The van der Waals surface area contributed by atoms with E-state index >= 15 is 0 Å². The fourth-order valence-corrected chi connectivity index (χ4v) is 3.90. The third-order valence-electron chi connectivity index (χ3n) is 5.59. The summed E-state index contributed by atoms with van der Waals surface area (Å²) >= 11 is 0. The summed E-state index contributed by atoms with van der Waals surface area (Å²) in [5, 5.41) is 8.87. The lowest BCUT2D eigenvalue weighted by molar-refractivity contribution is 0.444. The van der Waals surface area contributed by atoms with Crippen molar-refractivity contribution in [3.63, 3.8) is 0 Å². The van der Waals surface area contributed by atoms with E-state index in [2.05, 4.69) is 34.7 Å². The van der Waals surface area contributed by atoms with Gasteiger partial charge in [0, 0.05) is 24.2 Å². The van der Waals surface area contributed by atoms with Crippen LogP contribution in [0.5, 0.6) is 11.5 Å². The van der Waals surface area contributed by atoms with E-state index in [4.69, 9.17) is 10.5 Å². The highest BCUT2D eigenvalue weighted by molar-refractivity contribution is 5.86. The van der Waals surface area contributed by atoms with Crippen LogP contribution in [0.15, 0.2) is 97.2 Å². The van der Waals surface area contributed by atoms with Gasteiger partial charge in [0.1, 0.15) is 0 Å². The Bertz CT molecular complexity index is 1360. The summed E-state index contributed by atoms with van der Waals surface area (Å²) in [7, 11) is 1.89. The first-order chi connectivity index (χ1) is 16.1. The summed E-state index contributed by atoms with van der Waals surface area (Å²) in [5.74, 6) is 0.0809. The third kappa shape index (κ3) is 4.23. The summed E-state index contributed by atoms with van der Waals surface area (Å²) in [4.78, 5) is 0. The Kier molecular flexibility index (Phi) is 5.40. The molecule has 3 N–H and O–H groups in total.